The van der Waals surface area contributed by atoms with Gasteiger partial charge in [0, 0.05) is 45.5 Å². The van der Waals surface area contributed by atoms with Gasteiger partial charge in [-0.05, 0) is 81.4 Å². The third-order valence-corrected chi connectivity index (χ3v) is 7.70. The van der Waals surface area contributed by atoms with Gasteiger partial charge in [0.2, 0.25) is 0 Å². The maximum atomic E-state index is 13.2. The Morgan fingerprint density at radius 3 is 2.08 bits per heavy atom. The lowest BCUT2D eigenvalue weighted by molar-refractivity contribution is 0.0370. The van der Waals surface area contributed by atoms with Gasteiger partial charge in [0.15, 0.2) is 0 Å². The van der Waals surface area contributed by atoms with Crippen molar-refractivity contribution < 1.29 is 23.6 Å². The van der Waals surface area contributed by atoms with Crippen LogP contribution in [0.1, 0.15) is 20.8 Å². The number of nitrogens with zero attached hydrogens (tertiary/aromatic N) is 5. The van der Waals surface area contributed by atoms with Gasteiger partial charge in [-0.3, -0.25) is 5.32 Å². The Balaban J connectivity index is 1.05. The first-order chi connectivity index (χ1) is 25.1. The number of carbonyl (C=O) groups excluding carboxylic acids is 2. The van der Waals surface area contributed by atoms with Crippen molar-refractivity contribution in [2.75, 3.05) is 21.0 Å². The van der Waals surface area contributed by atoms with E-state index >= 15 is 0 Å². The minimum Gasteiger partial charge on any atom is -0.455 e. The van der Waals surface area contributed by atoms with Crippen molar-refractivity contribution in [2.24, 2.45) is 0 Å². The molecule has 14 heteroatoms. The van der Waals surface area contributed by atoms with Gasteiger partial charge in [-0.25, -0.2) is 29.5 Å². The van der Waals surface area contributed by atoms with Gasteiger partial charge in [0.1, 0.15) is 46.2 Å². The zero-order valence-corrected chi connectivity index (χ0v) is 28.9. The van der Waals surface area contributed by atoms with Crippen molar-refractivity contribution in [3.63, 3.8) is 0 Å². The van der Waals surface area contributed by atoms with E-state index in [9.17, 15) is 9.59 Å². The summed E-state index contributed by atoms with van der Waals surface area (Å²) in [6, 6.07) is 30.6. The Bertz CT molecular complexity index is 2400. The molecule has 7 rings (SSSR count). The number of benzene rings is 4. The van der Waals surface area contributed by atoms with E-state index in [2.05, 4.69) is 35.9 Å². The predicted octanol–water partition coefficient (Wildman–Crippen LogP) is 9.88. The molecule has 260 valence electrons. The van der Waals surface area contributed by atoms with E-state index < -0.39 is 17.8 Å². The highest BCUT2D eigenvalue weighted by molar-refractivity contribution is 6.29. The number of nitrogens with one attached hydrogen (secondary N) is 3. The van der Waals surface area contributed by atoms with Crippen LogP contribution in [0.3, 0.4) is 0 Å². The van der Waals surface area contributed by atoms with Crippen LogP contribution in [0.5, 0.6) is 0 Å². The minimum absolute atomic E-state index is 0.248. The summed E-state index contributed by atoms with van der Waals surface area (Å²) in [5, 5.41) is 12.1. The third-order valence-electron chi connectivity index (χ3n) is 7.49. The summed E-state index contributed by atoms with van der Waals surface area (Å²) < 4.78 is 11.7. The number of hydrogen-bond acceptors (Lipinski definition) is 11. The number of halogens is 1. The molecule has 0 aliphatic rings. The molecule has 0 radical (unpaired) electrons. The maximum absolute atomic E-state index is 13.2. The summed E-state index contributed by atoms with van der Waals surface area (Å²) in [6.45, 7) is 5.14. The maximum Gasteiger partial charge on any atom is 0.448 e. The summed E-state index contributed by atoms with van der Waals surface area (Å²) in [5.74, 6) is 1.04. The first-order valence-corrected chi connectivity index (χ1v) is 16.4. The number of hydroxylamine groups is 1. The Morgan fingerprint density at radius 2 is 1.37 bits per heavy atom. The van der Waals surface area contributed by atoms with Crippen LogP contribution in [0.25, 0.3) is 33.2 Å². The van der Waals surface area contributed by atoms with E-state index in [1.165, 1.54) is 12.7 Å². The number of carbonyl (C=O) groups is 2. The van der Waals surface area contributed by atoms with Gasteiger partial charge in [-0.1, -0.05) is 41.9 Å². The van der Waals surface area contributed by atoms with Crippen molar-refractivity contribution in [1.29, 1.82) is 0 Å². The largest absolute Gasteiger partial charge is 0.455 e. The molecule has 0 unspecified atom stereocenters. The van der Waals surface area contributed by atoms with Crippen molar-refractivity contribution >= 4 is 80.1 Å². The fourth-order valence-corrected chi connectivity index (χ4v) is 5.41. The van der Waals surface area contributed by atoms with E-state index in [0.29, 0.717) is 39.5 Å². The number of amides is 2. The van der Waals surface area contributed by atoms with Crippen molar-refractivity contribution in [2.45, 2.75) is 26.4 Å². The number of ether oxygens (including phenoxy) is 1. The molecule has 4 aromatic carbocycles. The molecule has 0 bridgehead atoms. The lowest BCUT2D eigenvalue weighted by Gasteiger charge is -2.26. The van der Waals surface area contributed by atoms with Crippen molar-refractivity contribution in [1.82, 2.24) is 19.9 Å². The molecule has 52 heavy (non-hydrogen) atoms. The number of hydrogen-bond donors (Lipinski definition) is 3. The van der Waals surface area contributed by atoms with Crippen LogP contribution in [0.15, 0.2) is 120 Å². The van der Waals surface area contributed by atoms with Crippen LogP contribution in [0.4, 0.5) is 44.0 Å². The van der Waals surface area contributed by atoms with E-state index in [4.69, 9.17) is 25.6 Å². The molecule has 7 aromatic rings. The Kier molecular flexibility index (Phi) is 9.25. The molecule has 13 nitrogen and oxygen atoms in total. The average Bonchev–Trinajstić information content (AvgIpc) is 3.50. The van der Waals surface area contributed by atoms with Gasteiger partial charge in [-0.2, -0.15) is 0 Å². The molecule has 0 spiro atoms. The standard InChI is InChI=1S/C38H31ClN8O5/c1-38(2,3)51-37(49)47(52-36(48)46-25-13-11-23(12-14-25)45-34-20-32(39)41-22-43-34)26-17-15-24(16-18-26)44-33-19-30(40-21-42-33)29-9-6-8-28-27-7-4-5-10-31(27)50-35(28)29/h4-22H,1-3H3,(H,46,48)(H,40,42,44)(H,41,43,45). The Labute approximate surface area is 302 Å². The van der Waals surface area contributed by atoms with Crippen LogP contribution in [-0.4, -0.2) is 37.7 Å². The fourth-order valence-electron chi connectivity index (χ4n) is 5.26. The number of furan rings is 1. The van der Waals surface area contributed by atoms with E-state index in [0.717, 1.165) is 32.6 Å². The zero-order valence-electron chi connectivity index (χ0n) is 28.1. The van der Waals surface area contributed by atoms with E-state index in [-0.39, 0.29) is 5.69 Å². The van der Waals surface area contributed by atoms with Crippen molar-refractivity contribution in [3.05, 3.63) is 121 Å². The fraction of sp³-hybridized carbons (Fsp3) is 0.105. The molecule has 3 aromatic heterocycles. The second-order valence-corrected chi connectivity index (χ2v) is 12.8. The number of aromatic nitrogens is 4. The molecule has 0 atom stereocenters. The van der Waals surface area contributed by atoms with Gasteiger partial charge >= 0.3 is 12.2 Å². The number of para-hydroxylation sites is 2. The summed E-state index contributed by atoms with van der Waals surface area (Å²) in [5.41, 5.74) is 4.20. The first kappa shape index (κ1) is 33.8. The normalized spacial score (nSPS) is 11.2. The van der Waals surface area contributed by atoms with Gasteiger partial charge < -0.3 is 24.6 Å². The van der Waals surface area contributed by atoms with Crippen LogP contribution in [-0.2, 0) is 9.57 Å². The number of fused-ring (bicyclic) bond motifs is 3. The summed E-state index contributed by atoms with van der Waals surface area (Å²) in [6.07, 6.45) is 1.02. The Hall–Kier alpha value is -6.73. The molecule has 3 heterocycles. The minimum atomic E-state index is -0.913. The molecule has 2 amide bonds. The van der Waals surface area contributed by atoms with E-state index in [1.807, 2.05) is 48.5 Å². The van der Waals surface area contributed by atoms with Crippen LogP contribution in [0.2, 0.25) is 5.15 Å². The molecule has 0 fully saturated rings. The molecule has 0 saturated heterocycles. The summed E-state index contributed by atoms with van der Waals surface area (Å²) in [4.78, 5) is 48.6. The number of anilines is 6. The van der Waals surface area contributed by atoms with Gasteiger partial charge in [0.25, 0.3) is 0 Å². The molecule has 0 aliphatic heterocycles. The quantitative estimate of drug-likeness (QED) is 0.107. The lowest BCUT2D eigenvalue weighted by Crippen LogP contribution is -2.39. The summed E-state index contributed by atoms with van der Waals surface area (Å²) >= 11 is 5.93. The topological polar surface area (TPSA) is 157 Å². The SMILES string of the molecule is CC(C)(C)OC(=O)N(OC(=O)Nc1ccc(Nc2cc(Cl)ncn2)cc1)c1ccc(Nc2cc(-c3cccc4c3oc3ccccc34)ncn2)cc1. The first-order valence-electron chi connectivity index (χ1n) is 16.0. The van der Waals surface area contributed by atoms with Crippen LogP contribution >= 0.6 is 11.6 Å². The molecule has 3 N–H and O–H groups in total. The monoisotopic (exact) mass is 714 g/mol. The smallest absolute Gasteiger partial charge is 0.448 e. The average molecular weight is 715 g/mol. The molecule has 0 saturated carbocycles. The molecule has 0 aliphatic carbocycles. The lowest BCUT2D eigenvalue weighted by atomic mass is 10.1. The predicted molar refractivity (Wildman–Crippen MR) is 200 cm³/mol. The summed E-state index contributed by atoms with van der Waals surface area (Å²) in [7, 11) is 0. The zero-order chi connectivity index (χ0) is 36.2. The highest BCUT2D eigenvalue weighted by atomic mass is 35.5. The second-order valence-electron chi connectivity index (χ2n) is 12.4. The van der Waals surface area contributed by atoms with Crippen LogP contribution in [0, 0.1) is 0 Å². The molecular formula is C38H31ClN8O5. The van der Waals surface area contributed by atoms with Crippen molar-refractivity contribution in [3.8, 4) is 11.3 Å². The molecular weight excluding hydrogens is 684 g/mol. The van der Waals surface area contributed by atoms with Gasteiger partial charge in [-0.15, -0.1) is 5.06 Å². The third kappa shape index (κ3) is 7.85. The number of rotatable bonds is 7. The van der Waals surface area contributed by atoms with E-state index in [1.54, 1.807) is 75.4 Å². The highest BCUT2D eigenvalue weighted by Crippen LogP contribution is 2.35. The Morgan fingerprint density at radius 1 is 0.731 bits per heavy atom. The highest BCUT2D eigenvalue weighted by Gasteiger charge is 2.27. The second kappa shape index (κ2) is 14.2. The van der Waals surface area contributed by atoms with Crippen LogP contribution < -0.4 is 21.0 Å². The van der Waals surface area contributed by atoms with Gasteiger partial charge in [0.05, 0.1) is 11.4 Å².